The van der Waals surface area contributed by atoms with E-state index in [9.17, 15) is 9.59 Å². The van der Waals surface area contributed by atoms with Crippen LogP contribution in [0.3, 0.4) is 0 Å². The van der Waals surface area contributed by atoms with Crippen molar-refractivity contribution in [1.82, 2.24) is 4.90 Å². The summed E-state index contributed by atoms with van der Waals surface area (Å²) in [5.41, 5.74) is 1.35. The molecule has 1 fully saturated rings. The summed E-state index contributed by atoms with van der Waals surface area (Å²) in [6.07, 6.45) is 0.727. The molecule has 2 aromatic carbocycles. The highest BCUT2D eigenvalue weighted by Gasteiger charge is 2.27. The first-order valence-corrected chi connectivity index (χ1v) is 8.24. The van der Waals surface area contributed by atoms with Crippen LogP contribution >= 0.6 is 0 Å². The molecule has 1 aliphatic rings. The smallest absolute Gasteiger partial charge is 0.253 e. The van der Waals surface area contributed by atoms with E-state index < -0.39 is 5.43 Å². The van der Waals surface area contributed by atoms with Gasteiger partial charge in [-0.05, 0) is 25.1 Å². The molecule has 1 aliphatic heterocycles. The molecule has 3 rings (SSSR count). The molecule has 24 heavy (non-hydrogen) atoms. The van der Waals surface area contributed by atoms with E-state index in [0.717, 1.165) is 43.9 Å². The quantitative estimate of drug-likeness (QED) is 0.787. The van der Waals surface area contributed by atoms with E-state index in [4.69, 9.17) is 4.74 Å². The van der Waals surface area contributed by atoms with E-state index in [2.05, 4.69) is 17.3 Å². The lowest BCUT2D eigenvalue weighted by Gasteiger charge is -2.35. The maximum Gasteiger partial charge on any atom is 0.253 e. The highest BCUT2D eigenvalue weighted by Crippen LogP contribution is 2.22. The summed E-state index contributed by atoms with van der Waals surface area (Å²) in [6.45, 7) is 3.95. The SMILES string of the molecule is COc1ccccc1CCNc1c(N2CCN(C)CC2)c(=O)c1=O. The molecular formula is C18H23N3O3. The first-order valence-electron chi connectivity index (χ1n) is 8.24. The molecule has 0 saturated carbocycles. The molecule has 0 radical (unpaired) electrons. The second kappa shape index (κ2) is 7.05. The number of ether oxygens (including phenoxy) is 1. The third-order valence-electron chi connectivity index (χ3n) is 4.59. The summed E-state index contributed by atoms with van der Waals surface area (Å²) in [4.78, 5) is 28.1. The largest absolute Gasteiger partial charge is 0.496 e. The fourth-order valence-corrected chi connectivity index (χ4v) is 3.11. The fraction of sp³-hybridized carbons (Fsp3) is 0.444. The summed E-state index contributed by atoms with van der Waals surface area (Å²) in [6, 6.07) is 7.81. The van der Waals surface area contributed by atoms with Crippen LogP contribution in [-0.2, 0) is 6.42 Å². The Balaban J connectivity index is 1.65. The van der Waals surface area contributed by atoms with Gasteiger partial charge < -0.3 is 19.9 Å². The number of para-hydroxylation sites is 1. The number of methoxy groups -OCH3 is 1. The second-order valence-electron chi connectivity index (χ2n) is 6.16. The Morgan fingerprint density at radius 3 is 2.50 bits per heavy atom. The highest BCUT2D eigenvalue weighted by atomic mass is 16.5. The minimum Gasteiger partial charge on any atom is -0.496 e. The van der Waals surface area contributed by atoms with Crippen LogP contribution in [0.1, 0.15) is 5.56 Å². The second-order valence-corrected chi connectivity index (χ2v) is 6.16. The van der Waals surface area contributed by atoms with Crippen molar-refractivity contribution in [2.45, 2.75) is 6.42 Å². The van der Waals surface area contributed by atoms with Gasteiger partial charge in [-0.15, -0.1) is 0 Å². The topological polar surface area (TPSA) is 61.9 Å². The van der Waals surface area contributed by atoms with Crippen molar-refractivity contribution in [3.8, 4) is 5.75 Å². The normalized spacial score (nSPS) is 15.7. The zero-order valence-electron chi connectivity index (χ0n) is 14.2. The maximum absolute atomic E-state index is 12.0. The number of rotatable bonds is 6. The molecule has 0 unspecified atom stereocenters. The standard InChI is InChI=1S/C18H23N3O3/c1-20-9-11-21(12-10-20)16-15(17(22)18(16)23)19-8-7-13-5-3-4-6-14(13)24-2/h3-6,19H,7-12H2,1-2H3. The molecule has 1 saturated heterocycles. The number of nitrogens with one attached hydrogen (secondary N) is 1. The molecule has 128 valence electrons. The lowest BCUT2D eigenvalue weighted by atomic mass is 10.1. The van der Waals surface area contributed by atoms with Gasteiger partial charge in [-0.2, -0.15) is 0 Å². The lowest BCUT2D eigenvalue weighted by molar-refractivity contribution is 0.312. The zero-order chi connectivity index (χ0) is 17.1. The van der Waals surface area contributed by atoms with E-state index in [0.29, 0.717) is 17.9 Å². The average Bonchev–Trinajstić information content (AvgIpc) is 2.62. The van der Waals surface area contributed by atoms with Gasteiger partial charge in [0.1, 0.15) is 17.1 Å². The molecule has 1 N–H and O–H groups in total. The van der Waals surface area contributed by atoms with Gasteiger partial charge in [0.25, 0.3) is 10.9 Å². The number of anilines is 2. The van der Waals surface area contributed by atoms with Gasteiger partial charge in [0.05, 0.1) is 7.11 Å². The minimum absolute atomic E-state index is 0.362. The van der Waals surface area contributed by atoms with Crippen LogP contribution in [0.4, 0.5) is 11.4 Å². The van der Waals surface area contributed by atoms with Gasteiger partial charge >= 0.3 is 0 Å². The fourth-order valence-electron chi connectivity index (χ4n) is 3.11. The molecule has 6 nitrogen and oxygen atoms in total. The maximum atomic E-state index is 12.0. The number of hydrogen-bond acceptors (Lipinski definition) is 6. The molecule has 0 atom stereocenters. The molecule has 0 amide bonds. The number of likely N-dealkylation sites (N-methyl/N-ethyl adjacent to an activating group) is 1. The van der Waals surface area contributed by atoms with Crippen LogP contribution in [0, 0.1) is 0 Å². The van der Waals surface area contributed by atoms with Gasteiger partial charge in [0, 0.05) is 32.7 Å². The van der Waals surface area contributed by atoms with Gasteiger partial charge in [-0.1, -0.05) is 18.2 Å². The first-order chi connectivity index (χ1) is 11.6. The van der Waals surface area contributed by atoms with Crippen molar-refractivity contribution < 1.29 is 4.74 Å². The van der Waals surface area contributed by atoms with Crippen LogP contribution in [0.15, 0.2) is 33.9 Å². The number of benzene rings is 1. The van der Waals surface area contributed by atoms with Crippen molar-refractivity contribution >= 4 is 11.4 Å². The molecule has 2 aromatic rings. The predicted octanol–water partition coefficient (Wildman–Crippen LogP) is 0.698. The van der Waals surface area contributed by atoms with Crippen LogP contribution in [0.25, 0.3) is 0 Å². The van der Waals surface area contributed by atoms with Gasteiger partial charge in [-0.3, -0.25) is 9.59 Å². The average molecular weight is 329 g/mol. The number of piperazine rings is 1. The summed E-state index contributed by atoms with van der Waals surface area (Å²) in [7, 11) is 3.71. The highest BCUT2D eigenvalue weighted by molar-refractivity contribution is 5.75. The summed E-state index contributed by atoms with van der Waals surface area (Å²) in [5, 5.41) is 3.16. The first kappa shape index (κ1) is 16.5. The van der Waals surface area contributed by atoms with Crippen LogP contribution < -0.4 is 25.8 Å². The van der Waals surface area contributed by atoms with Gasteiger partial charge in [0.2, 0.25) is 0 Å². The summed E-state index contributed by atoms with van der Waals surface area (Å²) in [5.74, 6) is 0.837. The van der Waals surface area contributed by atoms with Crippen LogP contribution in [-0.4, -0.2) is 51.8 Å². The van der Waals surface area contributed by atoms with Crippen molar-refractivity contribution in [2.24, 2.45) is 0 Å². The minimum atomic E-state index is -0.399. The van der Waals surface area contributed by atoms with E-state index >= 15 is 0 Å². The van der Waals surface area contributed by atoms with Gasteiger partial charge in [0.15, 0.2) is 0 Å². The summed E-state index contributed by atoms with van der Waals surface area (Å²) < 4.78 is 5.33. The van der Waals surface area contributed by atoms with Crippen molar-refractivity contribution in [3.05, 3.63) is 50.3 Å². The third-order valence-corrected chi connectivity index (χ3v) is 4.59. The third kappa shape index (κ3) is 3.14. The van der Waals surface area contributed by atoms with E-state index in [1.54, 1.807) is 7.11 Å². The summed E-state index contributed by atoms with van der Waals surface area (Å²) >= 11 is 0. The Kier molecular flexibility index (Phi) is 4.85. The molecular weight excluding hydrogens is 306 g/mol. The molecule has 0 aromatic heterocycles. The van der Waals surface area contributed by atoms with Crippen molar-refractivity contribution in [1.29, 1.82) is 0 Å². The number of hydrogen-bond donors (Lipinski definition) is 1. The van der Waals surface area contributed by atoms with E-state index in [1.807, 2.05) is 29.2 Å². The molecule has 1 heterocycles. The molecule has 0 bridgehead atoms. The van der Waals surface area contributed by atoms with Crippen molar-refractivity contribution in [3.63, 3.8) is 0 Å². The Morgan fingerprint density at radius 2 is 1.79 bits per heavy atom. The molecule has 0 spiro atoms. The Labute approximate surface area is 141 Å². The monoisotopic (exact) mass is 329 g/mol. The van der Waals surface area contributed by atoms with Crippen molar-refractivity contribution in [2.75, 3.05) is 57.1 Å². The number of nitrogens with zero attached hydrogens (tertiary/aromatic N) is 2. The molecule has 0 aliphatic carbocycles. The Morgan fingerprint density at radius 1 is 1.08 bits per heavy atom. The Hall–Kier alpha value is -2.34. The predicted molar refractivity (Wildman–Crippen MR) is 96.3 cm³/mol. The lowest BCUT2D eigenvalue weighted by Crippen LogP contribution is -2.50. The van der Waals surface area contributed by atoms with Crippen LogP contribution in [0.5, 0.6) is 5.75 Å². The Bertz CT molecular complexity index is 772. The van der Waals surface area contributed by atoms with Crippen LogP contribution in [0.2, 0.25) is 0 Å². The molecule has 6 heteroatoms. The zero-order valence-corrected chi connectivity index (χ0v) is 14.2. The van der Waals surface area contributed by atoms with Gasteiger partial charge in [-0.25, -0.2) is 0 Å². The van der Waals surface area contributed by atoms with E-state index in [1.165, 1.54) is 0 Å². The van der Waals surface area contributed by atoms with E-state index in [-0.39, 0.29) is 5.43 Å².